The Hall–Kier alpha value is -0.720. The van der Waals surface area contributed by atoms with E-state index < -0.39 is 0 Å². The highest BCUT2D eigenvalue weighted by Gasteiger charge is 2.45. The molecule has 0 amide bonds. The molecular weight excluding hydrogens is 134 g/mol. The molecule has 1 heteroatoms. The van der Waals surface area contributed by atoms with Crippen LogP contribution in [0.1, 0.15) is 26.7 Å². The van der Waals surface area contributed by atoms with E-state index in [1.54, 1.807) is 0 Å². The van der Waals surface area contributed by atoms with E-state index in [0.29, 0.717) is 5.41 Å². The molecule has 2 aliphatic rings. The third-order valence-electron chi connectivity index (χ3n) is 3.35. The van der Waals surface area contributed by atoms with Gasteiger partial charge in [0.2, 0.25) is 0 Å². The summed E-state index contributed by atoms with van der Waals surface area (Å²) in [5.74, 6) is 0. The molecule has 60 valence electrons. The topological polar surface area (TPSA) is 12.0 Å². The standard InChI is InChI=1S/C10H15N/c1-9-5-3-4-6-10(9,2)11-8-7-9/h3-4,7-8,11H,5-6H2,1-2H3. The van der Waals surface area contributed by atoms with Crippen molar-refractivity contribution in [3.8, 4) is 0 Å². The maximum absolute atomic E-state index is 3.44. The van der Waals surface area contributed by atoms with E-state index in [9.17, 15) is 0 Å². The molecular formula is C10H15N. The van der Waals surface area contributed by atoms with Crippen LogP contribution >= 0.6 is 0 Å². The molecule has 1 aliphatic heterocycles. The van der Waals surface area contributed by atoms with Gasteiger partial charge in [-0.2, -0.15) is 0 Å². The summed E-state index contributed by atoms with van der Waals surface area (Å²) in [5, 5.41) is 3.44. The highest BCUT2D eigenvalue weighted by atomic mass is 15.0. The lowest BCUT2D eigenvalue weighted by atomic mass is 9.67. The second-order valence-electron chi connectivity index (χ2n) is 4.11. The van der Waals surface area contributed by atoms with Gasteiger partial charge in [-0.25, -0.2) is 0 Å². The number of nitrogens with one attached hydrogen (secondary N) is 1. The second kappa shape index (κ2) is 1.90. The molecule has 1 nitrogen and oxygen atoms in total. The van der Waals surface area contributed by atoms with Crippen LogP contribution in [0.2, 0.25) is 0 Å². The fourth-order valence-electron chi connectivity index (χ4n) is 1.99. The minimum absolute atomic E-state index is 0.280. The zero-order valence-corrected chi connectivity index (χ0v) is 7.22. The Morgan fingerprint density at radius 3 is 2.64 bits per heavy atom. The van der Waals surface area contributed by atoms with Crippen LogP contribution in [0.4, 0.5) is 0 Å². The van der Waals surface area contributed by atoms with E-state index in [4.69, 9.17) is 0 Å². The molecule has 0 fully saturated rings. The van der Waals surface area contributed by atoms with Gasteiger partial charge in [-0.1, -0.05) is 25.2 Å². The average Bonchev–Trinajstić information content (AvgIpc) is 2.25. The van der Waals surface area contributed by atoms with Crippen LogP contribution in [0.3, 0.4) is 0 Å². The van der Waals surface area contributed by atoms with Gasteiger partial charge in [-0.3, -0.25) is 0 Å². The quantitative estimate of drug-likeness (QED) is 0.521. The third-order valence-corrected chi connectivity index (χ3v) is 3.35. The monoisotopic (exact) mass is 149 g/mol. The van der Waals surface area contributed by atoms with Crippen molar-refractivity contribution in [3.63, 3.8) is 0 Å². The van der Waals surface area contributed by atoms with Crippen molar-refractivity contribution in [2.75, 3.05) is 0 Å². The first-order valence-electron chi connectivity index (χ1n) is 4.27. The fraction of sp³-hybridized carbons (Fsp3) is 0.600. The summed E-state index contributed by atoms with van der Waals surface area (Å²) in [7, 11) is 0. The van der Waals surface area contributed by atoms with Gasteiger partial charge in [0.05, 0.1) is 0 Å². The molecule has 1 heterocycles. The van der Waals surface area contributed by atoms with Crippen molar-refractivity contribution in [1.29, 1.82) is 0 Å². The lowest BCUT2D eigenvalue weighted by molar-refractivity contribution is 0.205. The van der Waals surface area contributed by atoms with Gasteiger partial charge >= 0.3 is 0 Å². The van der Waals surface area contributed by atoms with Crippen LogP contribution in [0.25, 0.3) is 0 Å². The van der Waals surface area contributed by atoms with Crippen molar-refractivity contribution in [2.24, 2.45) is 5.41 Å². The Morgan fingerprint density at radius 1 is 1.18 bits per heavy atom. The predicted molar refractivity (Wildman–Crippen MR) is 47.2 cm³/mol. The highest BCUT2D eigenvalue weighted by Crippen LogP contribution is 2.44. The lowest BCUT2D eigenvalue weighted by Gasteiger charge is -2.42. The molecule has 1 aliphatic carbocycles. The fourth-order valence-corrected chi connectivity index (χ4v) is 1.99. The number of hydrogen-bond donors (Lipinski definition) is 1. The van der Waals surface area contributed by atoms with Gasteiger partial charge < -0.3 is 5.32 Å². The summed E-state index contributed by atoms with van der Waals surface area (Å²) in [4.78, 5) is 0. The Morgan fingerprint density at radius 2 is 1.91 bits per heavy atom. The maximum atomic E-state index is 3.44. The number of fused-ring (bicyclic) bond motifs is 1. The van der Waals surface area contributed by atoms with Gasteiger partial charge in [-0.15, -0.1) is 0 Å². The Bertz CT molecular complexity index is 229. The molecule has 0 aromatic carbocycles. The first kappa shape index (κ1) is 6.96. The van der Waals surface area contributed by atoms with Crippen molar-refractivity contribution in [3.05, 3.63) is 24.4 Å². The molecule has 0 aromatic rings. The highest BCUT2D eigenvalue weighted by molar-refractivity contribution is 5.24. The molecule has 0 aromatic heterocycles. The molecule has 0 saturated heterocycles. The SMILES string of the molecule is CC12C=CNC1(C)CC=CC2. The van der Waals surface area contributed by atoms with Crippen LogP contribution in [0.5, 0.6) is 0 Å². The van der Waals surface area contributed by atoms with Crippen molar-refractivity contribution in [1.82, 2.24) is 5.32 Å². The van der Waals surface area contributed by atoms with Gasteiger partial charge in [0.25, 0.3) is 0 Å². The van der Waals surface area contributed by atoms with Gasteiger partial charge in [0, 0.05) is 11.0 Å². The normalized spacial score (nSPS) is 47.1. The predicted octanol–water partition coefficient (Wildman–Crippen LogP) is 2.22. The first-order chi connectivity index (χ1) is 5.16. The number of allylic oxidation sites excluding steroid dienone is 1. The third kappa shape index (κ3) is 0.770. The Balaban J connectivity index is 2.38. The van der Waals surface area contributed by atoms with Crippen LogP contribution in [0, 0.1) is 5.41 Å². The molecule has 0 spiro atoms. The molecule has 2 rings (SSSR count). The zero-order chi connectivity index (χ0) is 7.95. The number of hydrogen-bond acceptors (Lipinski definition) is 1. The van der Waals surface area contributed by atoms with E-state index in [1.165, 1.54) is 6.42 Å². The summed E-state index contributed by atoms with van der Waals surface area (Å²) < 4.78 is 0. The minimum atomic E-state index is 0.280. The van der Waals surface area contributed by atoms with Crippen molar-refractivity contribution < 1.29 is 0 Å². The van der Waals surface area contributed by atoms with Crippen LogP contribution in [-0.2, 0) is 0 Å². The van der Waals surface area contributed by atoms with Crippen LogP contribution in [0.15, 0.2) is 24.4 Å². The van der Waals surface area contributed by atoms with Crippen LogP contribution in [-0.4, -0.2) is 5.54 Å². The summed E-state index contributed by atoms with van der Waals surface area (Å²) in [6.45, 7) is 4.63. The lowest BCUT2D eigenvalue weighted by Crippen LogP contribution is -2.48. The van der Waals surface area contributed by atoms with Gasteiger partial charge in [0.15, 0.2) is 0 Å². The van der Waals surface area contributed by atoms with E-state index >= 15 is 0 Å². The second-order valence-corrected chi connectivity index (χ2v) is 4.11. The maximum Gasteiger partial charge on any atom is 0.0465 e. The summed E-state index contributed by atoms with van der Waals surface area (Å²) in [5.41, 5.74) is 0.628. The van der Waals surface area contributed by atoms with Crippen molar-refractivity contribution >= 4 is 0 Å². The Kier molecular flexibility index (Phi) is 1.20. The molecule has 0 bridgehead atoms. The summed E-state index contributed by atoms with van der Waals surface area (Å²) in [6.07, 6.45) is 11.3. The summed E-state index contributed by atoms with van der Waals surface area (Å²) in [6, 6.07) is 0. The van der Waals surface area contributed by atoms with Crippen molar-refractivity contribution in [2.45, 2.75) is 32.2 Å². The van der Waals surface area contributed by atoms with Gasteiger partial charge in [0.1, 0.15) is 0 Å². The minimum Gasteiger partial charge on any atom is -0.385 e. The Labute approximate surface area is 68.2 Å². The molecule has 0 saturated carbocycles. The molecule has 2 unspecified atom stereocenters. The molecule has 1 N–H and O–H groups in total. The number of rotatable bonds is 0. The van der Waals surface area contributed by atoms with E-state index in [0.717, 1.165) is 6.42 Å². The van der Waals surface area contributed by atoms with Crippen LogP contribution < -0.4 is 5.32 Å². The van der Waals surface area contributed by atoms with E-state index in [1.807, 2.05) is 0 Å². The first-order valence-corrected chi connectivity index (χ1v) is 4.27. The molecule has 0 radical (unpaired) electrons. The average molecular weight is 149 g/mol. The molecule has 2 atom stereocenters. The van der Waals surface area contributed by atoms with Gasteiger partial charge in [-0.05, 0) is 26.0 Å². The largest absolute Gasteiger partial charge is 0.385 e. The summed E-state index contributed by atoms with van der Waals surface area (Å²) >= 11 is 0. The smallest absolute Gasteiger partial charge is 0.0465 e. The molecule has 11 heavy (non-hydrogen) atoms. The van der Waals surface area contributed by atoms with E-state index in [-0.39, 0.29) is 5.54 Å². The zero-order valence-electron chi connectivity index (χ0n) is 7.22. The van der Waals surface area contributed by atoms with E-state index in [2.05, 4.69) is 43.6 Å².